The van der Waals surface area contributed by atoms with E-state index in [0.29, 0.717) is 11.6 Å². The van der Waals surface area contributed by atoms with Crippen LogP contribution >= 0.6 is 11.6 Å². The van der Waals surface area contributed by atoms with Gasteiger partial charge in [0.15, 0.2) is 0 Å². The molecule has 4 bridgehead atoms. The summed E-state index contributed by atoms with van der Waals surface area (Å²) in [6, 6.07) is 0. The van der Waals surface area contributed by atoms with Crippen molar-refractivity contribution in [3.63, 3.8) is 0 Å². The first-order chi connectivity index (χ1) is 6.18. The van der Waals surface area contributed by atoms with Crippen LogP contribution in [0.25, 0.3) is 0 Å². The summed E-state index contributed by atoms with van der Waals surface area (Å²) in [5, 5.41) is -0.187. The van der Waals surface area contributed by atoms with Gasteiger partial charge < -0.3 is 0 Å². The summed E-state index contributed by atoms with van der Waals surface area (Å²) in [6.07, 6.45) is 2.28. The maximum absolute atomic E-state index is 11.7. The molecular formula is C10H11ClO2. The van der Waals surface area contributed by atoms with E-state index < -0.39 is 0 Å². The topological polar surface area (TPSA) is 34.1 Å². The molecule has 0 aromatic carbocycles. The van der Waals surface area contributed by atoms with Crippen LogP contribution in [0.2, 0.25) is 0 Å². The van der Waals surface area contributed by atoms with Gasteiger partial charge in [0.05, 0.1) is 5.38 Å². The van der Waals surface area contributed by atoms with Gasteiger partial charge in [-0.1, -0.05) is 0 Å². The average Bonchev–Trinajstić information content (AvgIpc) is 2.10. The Balaban J connectivity index is 2.04. The molecule has 4 fully saturated rings. The Kier molecular flexibility index (Phi) is 1.44. The van der Waals surface area contributed by atoms with Crippen molar-refractivity contribution in [3.05, 3.63) is 0 Å². The maximum atomic E-state index is 11.7. The van der Waals surface area contributed by atoms with Gasteiger partial charge in [0.25, 0.3) is 0 Å². The highest BCUT2D eigenvalue weighted by molar-refractivity contribution is 6.25. The van der Waals surface area contributed by atoms with E-state index in [0.717, 1.165) is 19.3 Å². The van der Waals surface area contributed by atoms with Crippen LogP contribution in [-0.4, -0.2) is 16.9 Å². The SMILES string of the molecule is O=C1C2CC3CC1C(Cl)C(C2)C3=O. The van der Waals surface area contributed by atoms with Crippen molar-refractivity contribution >= 4 is 23.2 Å². The third kappa shape index (κ3) is 0.850. The van der Waals surface area contributed by atoms with Crippen molar-refractivity contribution < 1.29 is 9.59 Å². The lowest BCUT2D eigenvalue weighted by molar-refractivity contribution is -0.150. The van der Waals surface area contributed by atoms with Crippen LogP contribution in [0.4, 0.5) is 0 Å². The molecule has 0 N–H and O–H groups in total. The molecule has 0 spiro atoms. The highest BCUT2D eigenvalue weighted by Crippen LogP contribution is 2.51. The van der Waals surface area contributed by atoms with Gasteiger partial charge in [-0.15, -0.1) is 11.6 Å². The molecule has 3 heteroatoms. The highest BCUT2D eigenvalue weighted by Gasteiger charge is 2.56. The summed E-state index contributed by atoms with van der Waals surface area (Å²) in [4.78, 5) is 23.4. The monoisotopic (exact) mass is 198 g/mol. The minimum absolute atomic E-state index is 0.00173. The van der Waals surface area contributed by atoms with Crippen LogP contribution < -0.4 is 0 Å². The zero-order valence-electron chi connectivity index (χ0n) is 7.20. The van der Waals surface area contributed by atoms with E-state index in [1.165, 1.54) is 0 Å². The summed E-state index contributed by atoms with van der Waals surface area (Å²) in [5.74, 6) is 1.01. The zero-order chi connectivity index (χ0) is 9.16. The normalized spacial score (nSPS) is 53.2. The average molecular weight is 199 g/mol. The van der Waals surface area contributed by atoms with Crippen LogP contribution in [-0.2, 0) is 9.59 Å². The van der Waals surface area contributed by atoms with Crippen molar-refractivity contribution in [1.29, 1.82) is 0 Å². The summed E-state index contributed by atoms with van der Waals surface area (Å²) in [7, 11) is 0. The predicted octanol–water partition coefficient (Wildman–Crippen LogP) is 1.41. The van der Waals surface area contributed by atoms with Gasteiger partial charge in [0.1, 0.15) is 11.6 Å². The molecule has 0 aromatic heterocycles. The Bertz CT molecular complexity index is 271. The quantitative estimate of drug-likeness (QED) is 0.552. The molecule has 70 valence electrons. The maximum Gasteiger partial charge on any atom is 0.140 e. The third-order valence-electron chi connectivity index (χ3n) is 3.95. The van der Waals surface area contributed by atoms with Crippen molar-refractivity contribution in [2.24, 2.45) is 23.7 Å². The van der Waals surface area contributed by atoms with Crippen LogP contribution in [0, 0.1) is 23.7 Å². The number of hydrogen-bond acceptors (Lipinski definition) is 2. The van der Waals surface area contributed by atoms with Crippen LogP contribution in [0.15, 0.2) is 0 Å². The Morgan fingerprint density at radius 2 is 1.38 bits per heavy atom. The number of hydrogen-bond donors (Lipinski definition) is 0. The fourth-order valence-electron chi connectivity index (χ4n) is 3.31. The smallest absolute Gasteiger partial charge is 0.140 e. The minimum atomic E-state index is -0.187. The molecule has 0 aliphatic heterocycles. The molecule has 4 aliphatic carbocycles. The van der Waals surface area contributed by atoms with Gasteiger partial charge in [-0.25, -0.2) is 0 Å². The molecule has 0 saturated heterocycles. The number of rotatable bonds is 0. The molecule has 4 rings (SSSR count). The number of carbonyl (C=O) groups is 2. The molecular weight excluding hydrogens is 188 g/mol. The molecule has 13 heavy (non-hydrogen) atoms. The first-order valence-electron chi connectivity index (χ1n) is 4.90. The third-order valence-corrected chi connectivity index (χ3v) is 4.56. The summed E-state index contributed by atoms with van der Waals surface area (Å²) in [5.41, 5.74) is 0. The number of halogens is 1. The fraction of sp³-hybridized carbons (Fsp3) is 0.800. The standard InChI is InChI=1S/C10H11ClO2/c11-8-6-2-4-1-5(10(6)13)3-7(8)9(4)12/h4-8H,1-3H2. The molecule has 4 aliphatic rings. The molecule has 4 atom stereocenters. The van der Waals surface area contributed by atoms with E-state index in [2.05, 4.69) is 0 Å². The van der Waals surface area contributed by atoms with Crippen molar-refractivity contribution in [1.82, 2.24) is 0 Å². The van der Waals surface area contributed by atoms with E-state index in [1.54, 1.807) is 0 Å². The van der Waals surface area contributed by atoms with E-state index in [9.17, 15) is 9.59 Å². The van der Waals surface area contributed by atoms with Gasteiger partial charge in [0.2, 0.25) is 0 Å². The summed E-state index contributed by atoms with van der Waals surface area (Å²) >= 11 is 6.12. The van der Waals surface area contributed by atoms with Gasteiger partial charge in [-0.05, 0) is 19.3 Å². The molecule has 0 heterocycles. The Labute approximate surface area is 81.6 Å². The summed E-state index contributed by atoms with van der Waals surface area (Å²) < 4.78 is 0. The van der Waals surface area contributed by atoms with Crippen molar-refractivity contribution in [2.75, 3.05) is 0 Å². The van der Waals surface area contributed by atoms with E-state index in [1.807, 2.05) is 0 Å². The number of Topliss-reactive ketones (excluding diaryl/α,β-unsaturated/α-hetero) is 2. The lowest BCUT2D eigenvalue weighted by Gasteiger charge is -2.49. The van der Waals surface area contributed by atoms with E-state index in [4.69, 9.17) is 11.6 Å². The second kappa shape index (κ2) is 2.35. The largest absolute Gasteiger partial charge is 0.299 e. The Morgan fingerprint density at radius 3 is 1.85 bits per heavy atom. The van der Waals surface area contributed by atoms with Gasteiger partial charge >= 0.3 is 0 Å². The fourth-order valence-corrected chi connectivity index (χ4v) is 3.76. The number of alkyl halides is 1. The second-order valence-corrected chi connectivity index (χ2v) is 5.07. The molecule has 2 nitrogen and oxygen atoms in total. The van der Waals surface area contributed by atoms with E-state index in [-0.39, 0.29) is 29.0 Å². The van der Waals surface area contributed by atoms with Gasteiger partial charge in [0, 0.05) is 23.7 Å². The van der Waals surface area contributed by atoms with E-state index >= 15 is 0 Å². The van der Waals surface area contributed by atoms with Gasteiger partial charge in [-0.3, -0.25) is 9.59 Å². The van der Waals surface area contributed by atoms with Crippen LogP contribution in [0.5, 0.6) is 0 Å². The molecule has 0 amide bonds. The number of ketones is 2. The Hall–Kier alpha value is -0.370. The lowest BCUT2D eigenvalue weighted by atomic mass is 9.55. The number of carbonyl (C=O) groups excluding carboxylic acids is 2. The first kappa shape index (κ1) is 7.98. The summed E-state index contributed by atoms with van der Waals surface area (Å²) in [6.45, 7) is 0. The Morgan fingerprint density at radius 1 is 0.923 bits per heavy atom. The minimum Gasteiger partial charge on any atom is -0.299 e. The molecule has 0 aromatic rings. The zero-order valence-corrected chi connectivity index (χ0v) is 7.96. The van der Waals surface area contributed by atoms with Crippen molar-refractivity contribution in [2.45, 2.75) is 24.6 Å². The lowest BCUT2D eigenvalue weighted by Crippen LogP contribution is -2.56. The first-order valence-corrected chi connectivity index (χ1v) is 5.33. The second-order valence-electron chi connectivity index (χ2n) is 4.56. The van der Waals surface area contributed by atoms with Crippen LogP contribution in [0.3, 0.4) is 0 Å². The molecule has 0 radical (unpaired) electrons. The molecule has 4 saturated carbocycles. The predicted molar refractivity (Wildman–Crippen MR) is 47.5 cm³/mol. The van der Waals surface area contributed by atoms with Gasteiger partial charge in [-0.2, -0.15) is 0 Å². The molecule has 4 unspecified atom stereocenters. The van der Waals surface area contributed by atoms with Crippen molar-refractivity contribution in [3.8, 4) is 0 Å². The highest BCUT2D eigenvalue weighted by atomic mass is 35.5. The van der Waals surface area contributed by atoms with Crippen LogP contribution in [0.1, 0.15) is 19.3 Å².